The summed E-state index contributed by atoms with van der Waals surface area (Å²) in [5.74, 6) is 0.821. The second kappa shape index (κ2) is 6.99. The Labute approximate surface area is 188 Å². The second-order valence-corrected chi connectivity index (χ2v) is 10.3. The van der Waals surface area contributed by atoms with E-state index in [4.69, 9.17) is 4.74 Å². The number of rotatable bonds is 4. The molecule has 2 fully saturated rings. The summed E-state index contributed by atoms with van der Waals surface area (Å²) in [7, 11) is 0. The van der Waals surface area contributed by atoms with E-state index in [1.807, 2.05) is 26.0 Å². The van der Waals surface area contributed by atoms with E-state index in [1.165, 1.54) is 0 Å². The first-order chi connectivity index (χ1) is 15.1. The number of amides is 2. The number of H-pyrrole nitrogens is 1. The fourth-order valence-corrected chi connectivity index (χ4v) is 5.22. The lowest BCUT2D eigenvalue weighted by Crippen LogP contribution is -2.61. The summed E-state index contributed by atoms with van der Waals surface area (Å²) in [5.41, 5.74) is 3.36. The van der Waals surface area contributed by atoms with Gasteiger partial charge < -0.3 is 19.9 Å². The molecule has 2 saturated heterocycles. The second-order valence-electron chi connectivity index (χ2n) is 10.3. The Morgan fingerprint density at radius 3 is 2.84 bits per heavy atom. The molecule has 3 aliphatic heterocycles. The predicted octanol–water partition coefficient (Wildman–Crippen LogP) is 3.85. The number of hydrogen-bond acceptors (Lipinski definition) is 3. The highest BCUT2D eigenvalue weighted by Crippen LogP contribution is 2.41. The summed E-state index contributed by atoms with van der Waals surface area (Å²) in [6.45, 7) is 13.0. The number of benzene rings is 1. The highest BCUT2D eigenvalue weighted by molar-refractivity contribution is 5.99. The summed E-state index contributed by atoms with van der Waals surface area (Å²) in [6, 6.07) is 3.20. The Morgan fingerprint density at radius 1 is 1.31 bits per heavy atom. The van der Waals surface area contributed by atoms with E-state index >= 15 is 0 Å². The van der Waals surface area contributed by atoms with Crippen LogP contribution in [-0.2, 0) is 21.4 Å². The van der Waals surface area contributed by atoms with Crippen LogP contribution in [0.5, 0.6) is 5.75 Å². The first kappa shape index (κ1) is 20.9. The topological polar surface area (TPSA) is 74.4 Å². The van der Waals surface area contributed by atoms with Crippen molar-refractivity contribution in [2.75, 3.05) is 6.54 Å². The maximum absolute atomic E-state index is 13.2. The molecule has 0 saturated carbocycles. The number of hydrogen-bond donors (Lipinski definition) is 2. The predicted molar refractivity (Wildman–Crippen MR) is 126 cm³/mol. The fraction of sp³-hybridized carbons (Fsp3) is 0.462. The molecule has 3 aliphatic rings. The number of allylic oxidation sites excluding steroid dienone is 1. The van der Waals surface area contributed by atoms with Crippen molar-refractivity contribution in [1.82, 2.24) is 15.2 Å². The Morgan fingerprint density at radius 2 is 2.09 bits per heavy atom. The molecule has 2 N–H and O–H groups in total. The standard InChI is InChI=1S/C26H31N3O3/c1-6-25(2,3)22-17(14-18-24(31)29-13-7-8-19(29)23(30)27-18)15-9-10-20-16(21(15)28-22)11-12-26(4,5)32-20/h6,9-12,18-19,28H,1,7-8,13-14H2,2-5H3,(H,27,30). The summed E-state index contributed by atoms with van der Waals surface area (Å²) in [6.07, 6.45) is 8.16. The third kappa shape index (κ3) is 3.15. The van der Waals surface area contributed by atoms with Gasteiger partial charge in [0, 0.05) is 35.0 Å². The molecule has 2 amide bonds. The van der Waals surface area contributed by atoms with E-state index < -0.39 is 6.04 Å². The molecular formula is C26H31N3O3. The molecule has 2 unspecified atom stereocenters. The normalized spacial score (nSPS) is 24.2. The first-order valence-corrected chi connectivity index (χ1v) is 11.4. The zero-order valence-corrected chi connectivity index (χ0v) is 19.2. The van der Waals surface area contributed by atoms with Crippen molar-refractivity contribution in [3.63, 3.8) is 0 Å². The number of ether oxygens (including phenoxy) is 1. The van der Waals surface area contributed by atoms with Crippen molar-refractivity contribution in [1.29, 1.82) is 0 Å². The molecule has 32 heavy (non-hydrogen) atoms. The van der Waals surface area contributed by atoms with Crippen molar-refractivity contribution in [2.45, 2.75) is 70.1 Å². The van der Waals surface area contributed by atoms with Crippen LogP contribution < -0.4 is 10.1 Å². The lowest BCUT2D eigenvalue weighted by molar-refractivity contribution is -0.146. The molecule has 1 aromatic carbocycles. The van der Waals surface area contributed by atoms with Gasteiger partial charge in [-0.25, -0.2) is 0 Å². The van der Waals surface area contributed by atoms with Gasteiger partial charge in [-0.05, 0) is 56.5 Å². The average molecular weight is 434 g/mol. The van der Waals surface area contributed by atoms with Crippen molar-refractivity contribution in [2.24, 2.45) is 0 Å². The minimum Gasteiger partial charge on any atom is -0.483 e. The van der Waals surface area contributed by atoms with E-state index in [0.29, 0.717) is 13.0 Å². The number of piperazine rings is 1. The number of nitrogens with zero attached hydrogens (tertiary/aromatic N) is 1. The summed E-state index contributed by atoms with van der Waals surface area (Å²) in [5, 5.41) is 4.05. The van der Waals surface area contributed by atoms with Crippen LogP contribution in [0.25, 0.3) is 17.0 Å². The highest BCUT2D eigenvalue weighted by atomic mass is 16.5. The third-order valence-corrected chi connectivity index (χ3v) is 7.12. The Kier molecular flexibility index (Phi) is 4.56. The summed E-state index contributed by atoms with van der Waals surface area (Å²) >= 11 is 0. The van der Waals surface area contributed by atoms with Crippen LogP contribution in [0.4, 0.5) is 0 Å². The molecule has 168 valence electrons. The molecule has 6 nitrogen and oxygen atoms in total. The Hall–Kier alpha value is -3.02. The Balaban J connectivity index is 1.62. The molecule has 5 rings (SSSR count). The zero-order chi connectivity index (χ0) is 22.8. The SMILES string of the molecule is C=CC(C)(C)c1[nH]c2c3c(ccc2c1CC1NC(=O)C2CCCN2C1=O)OC(C)(C)C=C3. The van der Waals surface area contributed by atoms with Gasteiger partial charge in [-0.15, -0.1) is 6.58 Å². The monoisotopic (exact) mass is 433 g/mol. The molecule has 1 aromatic heterocycles. The molecule has 2 atom stereocenters. The summed E-state index contributed by atoms with van der Waals surface area (Å²) < 4.78 is 6.17. The fourth-order valence-electron chi connectivity index (χ4n) is 5.22. The van der Waals surface area contributed by atoms with Crippen LogP contribution in [-0.4, -0.2) is 45.9 Å². The molecule has 0 radical (unpaired) electrons. The molecule has 6 heteroatoms. The third-order valence-electron chi connectivity index (χ3n) is 7.12. The van der Waals surface area contributed by atoms with Crippen molar-refractivity contribution >= 4 is 28.8 Å². The van der Waals surface area contributed by atoms with Gasteiger partial charge in [-0.3, -0.25) is 9.59 Å². The van der Waals surface area contributed by atoms with Gasteiger partial charge in [0.15, 0.2) is 0 Å². The van der Waals surface area contributed by atoms with Gasteiger partial charge in [0.25, 0.3) is 0 Å². The molecule has 4 heterocycles. The quantitative estimate of drug-likeness (QED) is 0.720. The smallest absolute Gasteiger partial charge is 0.246 e. The lowest BCUT2D eigenvalue weighted by atomic mass is 9.84. The zero-order valence-electron chi connectivity index (χ0n) is 19.2. The van der Waals surface area contributed by atoms with Gasteiger partial charge in [0.1, 0.15) is 23.4 Å². The molecular weight excluding hydrogens is 402 g/mol. The Bertz CT molecular complexity index is 1170. The van der Waals surface area contributed by atoms with Gasteiger partial charge in [0.2, 0.25) is 11.8 Å². The van der Waals surface area contributed by atoms with Crippen LogP contribution in [0.2, 0.25) is 0 Å². The van der Waals surface area contributed by atoms with E-state index in [9.17, 15) is 9.59 Å². The van der Waals surface area contributed by atoms with E-state index in [-0.39, 0.29) is 28.9 Å². The molecule has 0 bridgehead atoms. The van der Waals surface area contributed by atoms with Crippen LogP contribution >= 0.6 is 0 Å². The van der Waals surface area contributed by atoms with Gasteiger partial charge in [-0.2, -0.15) is 0 Å². The number of carbonyl (C=O) groups is 2. The number of aromatic amines is 1. The highest BCUT2D eigenvalue weighted by Gasteiger charge is 2.43. The van der Waals surface area contributed by atoms with Crippen molar-refractivity contribution < 1.29 is 14.3 Å². The first-order valence-electron chi connectivity index (χ1n) is 11.4. The molecule has 0 spiro atoms. The molecule has 0 aliphatic carbocycles. The van der Waals surface area contributed by atoms with E-state index in [2.05, 4.69) is 48.9 Å². The number of nitrogens with one attached hydrogen (secondary N) is 2. The van der Waals surface area contributed by atoms with Gasteiger partial charge in [0.05, 0.1) is 5.52 Å². The van der Waals surface area contributed by atoms with Crippen molar-refractivity contribution in [3.8, 4) is 5.75 Å². The number of carbonyl (C=O) groups excluding carboxylic acids is 2. The van der Waals surface area contributed by atoms with Crippen LogP contribution in [0.1, 0.15) is 57.4 Å². The minimum atomic E-state index is -0.558. The number of fused-ring (bicyclic) bond motifs is 4. The maximum Gasteiger partial charge on any atom is 0.246 e. The minimum absolute atomic E-state index is 0.0201. The number of aromatic nitrogens is 1. The van der Waals surface area contributed by atoms with Gasteiger partial charge >= 0.3 is 0 Å². The molecule has 2 aromatic rings. The lowest BCUT2D eigenvalue weighted by Gasteiger charge is -2.35. The van der Waals surface area contributed by atoms with Crippen LogP contribution in [0.15, 0.2) is 30.9 Å². The van der Waals surface area contributed by atoms with Crippen molar-refractivity contribution in [3.05, 3.63) is 47.7 Å². The largest absolute Gasteiger partial charge is 0.483 e. The van der Waals surface area contributed by atoms with E-state index in [1.54, 1.807) is 4.90 Å². The van der Waals surface area contributed by atoms with Crippen LogP contribution in [0.3, 0.4) is 0 Å². The van der Waals surface area contributed by atoms with Gasteiger partial charge in [-0.1, -0.05) is 19.9 Å². The average Bonchev–Trinajstić information content (AvgIpc) is 3.37. The van der Waals surface area contributed by atoms with E-state index in [0.717, 1.165) is 46.3 Å². The van der Waals surface area contributed by atoms with Crippen LogP contribution in [0, 0.1) is 0 Å². The maximum atomic E-state index is 13.2. The summed E-state index contributed by atoms with van der Waals surface area (Å²) in [4.78, 5) is 31.3.